The predicted octanol–water partition coefficient (Wildman–Crippen LogP) is 1.99. The molecule has 0 amide bonds. The Bertz CT molecular complexity index is 610. The number of nitrogens with zero attached hydrogens (tertiary/aromatic N) is 2. The number of nitroso groups, excluding NO2 is 1. The van der Waals surface area contributed by atoms with Gasteiger partial charge in [0.15, 0.2) is 0 Å². The van der Waals surface area contributed by atoms with E-state index in [-0.39, 0.29) is 5.02 Å². The summed E-state index contributed by atoms with van der Waals surface area (Å²) in [7, 11) is -7.76. The topological polar surface area (TPSA) is 156 Å². The van der Waals surface area contributed by atoms with E-state index in [0.29, 0.717) is 6.07 Å². The average molecular weight is 345 g/mol. The van der Waals surface area contributed by atoms with Crippen LogP contribution in [0.1, 0.15) is 5.56 Å². The van der Waals surface area contributed by atoms with Crippen LogP contribution < -0.4 is 0 Å². The van der Waals surface area contributed by atoms with Crippen molar-refractivity contribution in [2.24, 2.45) is 5.18 Å². The van der Waals surface area contributed by atoms with Crippen LogP contribution in [0.25, 0.3) is 0 Å². The van der Waals surface area contributed by atoms with Crippen LogP contribution >= 0.6 is 27.9 Å². The molecule has 2 N–H and O–H groups in total. The lowest BCUT2D eigenvalue weighted by molar-refractivity contribution is -0.384. The molecule has 0 saturated heterocycles. The van der Waals surface area contributed by atoms with Crippen molar-refractivity contribution in [1.29, 1.82) is 0 Å². The van der Waals surface area contributed by atoms with Gasteiger partial charge in [-0.2, -0.15) is 0 Å². The average Bonchev–Trinajstić information content (AvgIpc) is 2.35. The summed E-state index contributed by atoms with van der Waals surface area (Å²) in [6.07, 6.45) is 0. The van der Waals surface area contributed by atoms with Crippen LogP contribution in [0.5, 0.6) is 0 Å². The second-order valence-corrected chi connectivity index (χ2v) is 5.76. The first-order valence-corrected chi connectivity index (χ1v) is 7.68. The second-order valence-electron chi connectivity index (χ2n) is 3.33. The van der Waals surface area contributed by atoms with Gasteiger partial charge in [0.2, 0.25) is 0 Å². The van der Waals surface area contributed by atoms with Gasteiger partial charge in [0.25, 0.3) is 13.7 Å². The van der Waals surface area contributed by atoms with Crippen molar-refractivity contribution in [3.63, 3.8) is 0 Å². The number of nitro benzene ring substituents is 1. The molecule has 1 aromatic rings. The van der Waals surface area contributed by atoms with Gasteiger partial charge in [0, 0.05) is 11.6 Å². The molecule has 13 heteroatoms. The lowest BCUT2D eigenvalue weighted by Gasteiger charge is -2.21. The molecule has 0 saturated carbocycles. The third kappa shape index (κ3) is 3.29. The predicted molar refractivity (Wildman–Crippen MR) is 69.1 cm³/mol. The smallest absolute Gasteiger partial charge is 0.319 e. The number of halogens is 1. The molecule has 3 atom stereocenters. The highest BCUT2D eigenvalue weighted by Gasteiger charge is 2.44. The molecule has 0 heterocycles. The number of hydrogen-bond donors (Lipinski definition) is 2. The van der Waals surface area contributed by atoms with E-state index in [1.54, 1.807) is 0 Å². The SMILES string of the molecule is O=NC(O[PH](=O)O)(c1ccc(Cl)c([N+](=O)[O-])c1)[PH](=O)O. The summed E-state index contributed by atoms with van der Waals surface area (Å²) in [5, 5.41) is 12.7. The second kappa shape index (κ2) is 6.53. The Kier molecular flexibility index (Phi) is 5.52. The van der Waals surface area contributed by atoms with E-state index in [2.05, 4.69) is 9.70 Å². The quantitative estimate of drug-likeness (QED) is 0.343. The molecule has 0 spiro atoms. The summed E-state index contributed by atoms with van der Waals surface area (Å²) in [4.78, 5) is 38.5. The maximum Gasteiger partial charge on any atom is 0.319 e. The van der Waals surface area contributed by atoms with E-state index >= 15 is 0 Å². The zero-order chi connectivity index (χ0) is 15.5. The maximum absolute atomic E-state index is 11.3. The highest BCUT2D eigenvalue weighted by atomic mass is 35.5. The highest BCUT2D eigenvalue weighted by molar-refractivity contribution is 7.40. The Balaban J connectivity index is 3.53. The van der Waals surface area contributed by atoms with Gasteiger partial charge in [0.05, 0.1) is 4.92 Å². The van der Waals surface area contributed by atoms with Crippen molar-refractivity contribution >= 4 is 33.6 Å². The van der Waals surface area contributed by atoms with Crippen LogP contribution in [0.2, 0.25) is 5.02 Å². The summed E-state index contributed by atoms with van der Waals surface area (Å²) in [5.41, 5.74) is -4.09. The van der Waals surface area contributed by atoms with Crippen molar-refractivity contribution in [1.82, 2.24) is 0 Å². The fourth-order valence-corrected chi connectivity index (χ4v) is 3.01. The van der Waals surface area contributed by atoms with Gasteiger partial charge in [-0.1, -0.05) is 17.7 Å². The molecule has 0 aliphatic rings. The summed E-state index contributed by atoms with van der Waals surface area (Å²) in [6.45, 7) is 0. The maximum atomic E-state index is 11.3. The zero-order valence-electron chi connectivity index (χ0n) is 9.35. The minimum Gasteiger partial charge on any atom is -0.343 e. The third-order valence-corrected chi connectivity index (χ3v) is 4.24. The number of hydrogen-bond acceptors (Lipinski definition) is 7. The van der Waals surface area contributed by atoms with Crippen LogP contribution in [-0.4, -0.2) is 14.7 Å². The minimum absolute atomic E-state index is 0.298. The van der Waals surface area contributed by atoms with Crippen molar-refractivity contribution < 1.29 is 28.4 Å². The van der Waals surface area contributed by atoms with Crippen LogP contribution in [-0.2, 0) is 19.1 Å². The van der Waals surface area contributed by atoms with Gasteiger partial charge >= 0.3 is 13.7 Å². The molecule has 0 aromatic heterocycles. The molecule has 110 valence electrons. The molecule has 0 aliphatic carbocycles. The molecule has 20 heavy (non-hydrogen) atoms. The van der Waals surface area contributed by atoms with Crippen molar-refractivity contribution in [3.8, 4) is 0 Å². The van der Waals surface area contributed by atoms with E-state index < -0.39 is 37.9 Å². The first-order chi connectivity index (χ1) is 9.24. The van der Waals surface area contributed by atoms with Gasteiger partial charge in [-0.25, -0.2) is 0 Å². The molecular weight excluding hydrogens is 337 g/mol. The van der Waals surface area contributed by atoms with Crippen molar-refractivity contribution in [3.05, 3.63) is 43.8 Å². The molecule has 0 bridgehead atoms. The monoisotopic (exact) mass is 344 g/mol. The molecule has 3 unspecified atom stereocenters. The number of nitro groups is 1. The minimum atomic E-state index is -3.94. The first kappa shape index (κ1) is 16.9. The van der Waals surface area contributed by atoms with Crippen molar-refractivity contribution in [2.75, 3.05) is 0 Å². The number of benzene rings is 1. The van der Waals surface area contributed by atoms with E-state index in [1.165, 1.54) is 0 Å². The zero-order valence-corrected chi connectivity index (χ0v) is 12.1. The van der Waals surface area contributed by atoms with Crippen LogP contribution in [0.4, 0.5) is 5.69 Å². The lowest BCUT2D eigenvalue weighted by atomic mass is 10.2. The lowest BCUT2D eigenvalue weighted by Crippen LogP contribution is -2.20. The first-order valence-electron chi connectivity index (χ1n) is 4.69. The molecule has 0 radical (unpaired) electrons. The molecule has 1 rings (SSSR count). The number of rotatable bonds is 6. The fourth-order valence-electron chi connectivity index (χ4n) is 1.33. The Morgan fingerprint density at radius 2 is 2.00 bits per heavy atom. The van der Waals surface area contributed by atoms with E-state index in [9.17, 15) is 24.2 Å². The molecular formula is C7H7ClN2O8P2. The summed E-state index contributed by atoms with van der Waals surface area (Å²) >= 11 is 5.54. The largest absolute Gasteiger partial charge is 0.343 e. The summed E-state index contributed by atoms with van der Waals surface area (Å²) in [6, 6.07) is 2.60. The molecule has 1 aromatic carbocycles. The molecule has 10 nitrogen and oxygen atoms in total. The van der Waals surface area contributed by atoms with Crippen LogP contribution in [0.3, 0.4) is 0 Å². The van der Waals surface area contributed by atoms with E-state index in [0.717, 1.165) is 12.1 Å². The Labute approximate surface area is 117 Å². The Morgan fingerprint density at radius 1 is 1.40 bits per heavy atom. The van der Waals surface area contributed by atoms with Gasteiger partial charge in [-0.05, 0) is 11.2 Å². The van der Waals surface area contributed by atoms with E-state index in [1.807, 2.05) is 0 Å². The van der Waals surface area contributed by atoms with Crippen molar-refractivity contribution in [2.45, 2.75) is 5.47 Å². The molecule has 0 fully saturated rings. The normalized spacial score (nSPS) is 16.9. The third-order valence-electron chi connectivity index (χ3n) is 2.19. The van der Waals surface area contributed by atoms with Gasteiger partial charge < -0.3 is 9.79 Å². The van der Waals surface area contributed by atoms with Crippen LogP contribution in [0, 0.1) is 15.0 Å². The van der Waals surface area contributed by atoms with Gasteiger partial charge in [0.1, 0.15) is 5.02 Å². The molecule has 0 aliphatic heterocycles. The summed E-state index contributed by atoms with van der Waals surface area (Å²) in [5.74, 6) is 0. The highest BCUT2D eigenvalue weighted by Crippen LogP contribution is 2.52. The fraction of sp³-hybridized carbons (Fsp3) is 0.143. The standard InChI is InChI=1S/C7H7ClN2O8P2/c8-5-2-1-4(3-6(5)10(12)13)7(9-11,19(14)15)18-20(16)17/h1-3,19-20H,(H,14,15)(H,16,17). The van der Waals surface area contributed by atoms with Crippen LogP contribution in [0.15, 0.2) is 23.4 Å². The summed E-state index contributed by atoms with van der Waals surface area (Å²) < 4.78 is 26.2. The Hall–Kier alpha value is -1.15. The van der Waals surface area contributed by atoms with Gasteiger partial charge in [-0.3, -0.25) is 23.8 Å². The Morgan fingerprint density at radius 3 is 2.40 bits per heavy atom. The van der Waals surface area contributed by atoms with Gasteiger partial charge in [-0.15, -0.1) is 4.91 Å². The van der Waals surface area contributed by atoms with E-state index in [4.69, 9.17) is 21.4 Å².